The largest absolute Gasteiger partial charge is 0.294 e. The molecule has 1 atom stereocenters. The predicted molar refractivity (Wildman–Crippen MR) is 149 cm³/mol. The highest BCUT2D eigenvalue weighted by Crippen LogP contribution is 2.45. The number of nitrogens with zero attached hydrogens (tertiary/aromatic N) is 4. The Labute approximate surface area is 218 Å². The maximum Gasteiger partial charge on any atom is 0.137 e. The quantitative estimate of drug-likeness (QED) is 0.213. The molecule has 0 bridgehead atoms. The van der Waals surface area contributed by atoms with E-state index in [4.69, 9.17) is 5.10 Å². The molecule has 0 saturated heterocycles. The first-order chi connectivity index (χ1) is 17.2. The minimum atomic E-state index is -0.486. The average molecular weight is 568 g/mol. The zero-order valence-corrected chi connectivity index (χ0v) is 21.6. The molecule has 0 spiro atoms. The van der Waals surface area contributed by atoms with Crippen molar-refractivity contribution in [1.82, 2.24) is 19.2 Å². The summed E-state index contributed by atoms with van der Waals surface area (Å²) >= 11 is 2.33. The number of imidazole rings is 1. The van der Waals surface area contributed by atoms with E-state index in [1.807, 2.05) is 6.20 Å². The molecule has 3 heterocycles. The van der Waals surface area contributed by atoms with Gasteiger partial charge < -0.3 is 0 Å². The molecule has 0 N–H and O–H groups in total. The number of pyridine rings is 1. The Morgan fingerprint density at radius 2 is 1.60 bits per heavy atom. The number of rotatable bonds is 5. The number of halogens is 1. The fraction of sp³-hybridized carbons (Fsp3) is 0.133. The summed E-state index contributed by atoms with van der Waals surface area (Å²) in [6.07, 6.45) is 16.1. The van der Waals surface area contributed by atoms with Gasteiger partial charge in [-0.05, 0) is 59.2 Å². The van der Waals surface area contributed by atoms with E-state index < -0.39 is 5.54 Å². The minimum absolute atomic E-state index is 0.210. The van der Waals surface area contributed by atoms with Crippen molar-refractivity contribution in [3.8, 4) is 11.1 Å². The van der Waals surface area contributed by atoms with E-state index in [1.54, 1.807) is 0 Å². The molecule has 0 amide bonds. The highest BCUT2D eigenvalue weighted by atomic mass is 127. The van der Waals surface area contributed by atoms with Crippen molar-refractivity contribution in [3.63, 3.8) is 0 Å². The highest BCUT2D eigenvalue weighted by Gasteiger charge is 2.43. The molecule has 172 valence electrons. The molecule has 5 heteroatoms. The van der Waals surface area contributed by atoms with Gasteiger partial charge in [-0.15, -0.1) is 0 Å². The number of aryl methyl sites for hydroxylation is 1. The van der Waals surface area contributed by atoms with E-state index in [-0.39, 0.29) is 5.92 Å². The maximum atomic E-state index is 5.21. The summed E-state index contributed by atoms with van der Waals surface area (Å²) in [6, 6.07) is 25.8. The molecule has 0 saturated carbocycles. The molecule has 4 nitrogen and oxygen atoms in total. The topological polar surface area (TPSA) is 35.1 Å². The van der Waals surface area contributed by atoms with Crippen LogP contribution in [0.2, 0.25) is 0 Å². The van der Waals surface area contributed by atoms with Crippen LogP contribution < -0.4 is 0 Å². The van der Waals surface area contributed by atoms with Crippen molar-refractivity contribution in [2.75, 3.05) is 0 Å². The zero-order valence-electron chi connectivity index (χ0n) is 19.4. The van der Waals surface area contributed by atoms with Gasteiger partial charge in [0.05, 0.1) is 11.9 Å². The molecule has 35 heavy (non-hydrogen) atoms. The summed E-state index contributed by atoms with van der Waals surface area (Å²) in [5.41, 5.74) is 6.18. The van der Waals surface area contributed by atoms with Crippen LogP contribution >= 0.6 is 22.6 Å². The third kappa shape index (κ3) is 3.65. The lowest BCUT2D eigenvalue weighted by atomic mass is 9.70. The number of hydrogen-bond acceptors (Lipinski definition) is 2. The lowest BCUT2D eigenvalue weighted by Gasteiger charge is -2.41. The standard InChI is InChI=1S/C30H25IN4/c1-22-27(23-17-18-29-32-19-28(31)34(29)20-23)21-35(33-22)30(24-11-5-2-6-12-24,25-13-7-3-8-14-25)26-15-9-4-10-16-26/h2-15,17-21,26H,16H2,1H3. The van der Waals surface area contributed by atoms with Crippen LogP contribution in [0.4, 0.5) is 0 Å². The van der Waals surface area contributed by atoms with Crippen LogP contribution in [-0.2, 0) is 5.54 Å². The molecule has 3 aromatic heterocycles. The van der Waals surface area contributed by atoms with E-state index in [0.29, 0.717) is 0 Å². The second-order valence-electron chi connectivity index (χ2n) is 8.95. The molecule has 6 rings (SSSR count). The van der Waals surface area contributed by atoms with Crippen LogP contribution in [0.1, 0.15) is 23.2 Å². The molecule has 5 aromatic rings. The van der Waals surface area contributed by atoms with Crippen molar-refractivity contribution in [3.05, 3.63) is 136 Å². The first-order valence-corrected chi connectivity index (χ1v) is 12.9. The van der Waals surface area contributed by atoms with Crippen LogP contribution in [0.3, 0.4) is 0 Å². The summed E-state index contributed by atoms with van der Waals surface area (Å²) in [7, 11) is 0. The van der Waals surface area contributed by atoms with E-state index in [0.717, 1.165) is 32.6 Å². The van der Waals surface area contributed by atoms with Crippen molar-refractivity contribution in [2.24, 2.45) is 5.92 Å². The third-order valence-corrected chi connectivity index (χ3v) is 7.78. The molecular formula is C30H25IN4. The molecule has 0 radical (unpaired) electrons. The van der Waals surface area contributed by atoms with Gasteiger partial charge in [0.1, 0.15) is 14.9 Å². The lowest BCUT2D eigenvalue weighted by molar-refractivity contribution is 0.292. The van der Waals surface area contributed by atoms with Gasteiger partial charge in [-0.25, -0.2) is 4.98 Å². The van der Waals surface area contributed by atoms with Gasteiger partial charge in [0, 0.05) is 29.4 Å². The van der Waals surface area contributed by atoms with Crippen LogP contribution in [0.15, 0.2) is 116 Å². The maximum absolute atomic E-state index is 5.21. The van der Waals surface area contributed by atoms with Crippen LogP contribution in [0.5, 0.6) is 0 Å². The Hall–Kier alpha value is -3.45. The molecule has 1 unspecified atom stereocenters. The SMILES string of the molecule is Cc1nn(C(c2ccccc2)(c2ccccc2)C2C=CC=CC2)cc1-c1ccc2ncc(I)n2c1. The third-order valence-electron chi connectivity index (χ3n) is 6.98. The molecular weight excluding hydrogens is 543 g/mol. The molecule has 2 aromatic carbocycles. The fourth-order valence-corrected chi connectivity index (χ4v) is 5.86. The minimum Gasteiger partial charge on any atom is -0.294 e. The van der Waals surface area contributed by atoms with Crippen LogP contribution in [-0.4, -0.2) is 19.2 Å². The summed E-state index contributed by atoms with van der Waals surface area (Å²) in [5, 5.41) is 5.21. The van der Waals surface area contributed by atoms with E-state index in [2.05, 4.69) is 153 Å². The van der Waals surface area contributed by atoms with Crippen molar-refractivity contribution >= 4 is 28.2 Å². The average Bonchev–Trinajstić information content (AvgIpc) is 3.49. The summed E-state index contributed by atoms with van der Waals surface area (Å²) in [5.74, 6) is 0.210. The Morgan fingerprint density at radius 1 is 0.886 bits per heavy atom. The predicted octanol–water partition coefficient (Wildman–Crippen LogP) is 7.04. The van der Waals surface area contributed by atoms with Gasteiger partial charge in [0.15, 0.2) is 0 Å². The van der Waals surface area contributed by atoms with Crippen molar-refractivity contribution in [1.29, 1.82) is 0 Å². The lowest BCUT2D eigenvalue weighted by Crippen LogP contribution is -2.43. The van der Waals surface area contributed by atoms with E-state index in [1.165, 1.54) is 11.1 Å². The van der Waals surface area contributed by atoms with Gasteiger partial charge in [-0.2, -0.15) is 5.10 Å². The molecule has 0 fully saturated rings. The number of fused-ring (bicyclic) bond motifs is 1. The highest BCUT2D eigenvalue weighted by molar-refractivity contribution is 14.1. The zero-order chi connectivity index (χ0) is 23.8. The first-order valence-electron chi connectivity index (χ1n) is 11.8. The van der Waals surface area contributed by atoms with Gasteiger partial charge in [0.25, 0.3) is 0 Å². The van der Waals surface area contributed by atoms with Gasteiger partial charge >= 0.3 is 0 Å². The van der Waals surface area contributed by atoms with Crippen molar-refractivity contribution in [2.45, 2.75) is 18.9 Å². The number of aromatic nitrogens is 4. The van der Waals surface area contributed by atoms with Gasteiger partial charge in [-0.3, -0.25) is 9.08 Å². The Balaban J connectivity index is 1.61. The van der Waals surface area contributed by atoms with Crippen LogP contribution in [0, 0.1) is 16.5 Å². The second kappa shape index (κ2) is 8.96. The Bertz CT molecular complexity index is 1500. The molecule has 0 aliphatic heterocycles. The Kier molecular flexibility index (Phi) is 5.65. The van der Waals surface area contributed by atoms with E-state index >= 15 is 0 Å². The smallest absolute Gasteiger partial charge is 0.137 e. The summed E-state index contributed by atoms with van der Waals surface area (Å²) in [4.78, 5) is 4.48. The molecule has 1 aliphatic carbocycles. The normalized spacial score (nSPS) is 15.7. The summed E-state index contributed by atoms with van der Waals surface area (Å²) < 4.78 is 5.43. The second-order valence-corrected chi connectivity index (χ2v) is 10.1. The van der Waals surface area contributed by atoms with Gasteiger partial charge in [0.2, 0.25) is 0 Å². The van der Waals surface area contributed by atoms with Crippen molar-refractivity contribution < 1.29 is 0 Å². The monoisotopic (exact) mass is 568 g/mol. The Morgan fingerprint density at radius 3 is 2.26 bits per heavy atom. The number of hydrogen-bond donors (Lipinski definition) is 0. The number of allylic oxidation sites excluding steroid dienone is 4. The number of benzene rings is 2. The van der Waals surface area contributed by atoms with Crippen LogP contribution in [0.25, 0.3) is 16.8 Å². The van der Waals surface area contributed by atoms with Gasteiger partial charge in [-0.1, -0.05) is 85.0 Å². The summed E-state index contributed by atoms with van der Waals surface area (Å²) in [6.45, 7) is 2.10. The molecule has 1 aliphatic rings. The first kappa shape index (κ1) is 22.0. The van der Waals surface area contributed by atoms with E-state index in [9.17, 15) is 0 Å². The fourth-order valence-electron chi connectivity index (χ4n) is 5.34.